The van der Waals surface area contributed by atoms with E-state index in [9.17, 15) is 9.90 Å². The first kappa shape index (κ1) is 11.7. The average Bonchev–Trinajstić information content (AvgIpc) is 2.18. The number of aliphatic hydroxyl groups is 1. The molecule has 1 rings (SSSR count). The molecule has 1 aromatic rings. The van der Waals surface area contributed by atoms with Crippen molar-refractivity contribution >= 4 is 5.97 Å². The monoisotopic (exact) mass is 208 g/mol. The number of carbonyl (C=O) groups is 1. The van der Waals surface area contributed by atoms with E-state index < -0.39 is 12.1 Å². The van der Waals surface area contributed by atoms with Gasteiger partial charge in [-0.1, -0.05) is 29.8 Å². The highest BCUT2D eigenvalue weighted by Gasteiger charge is 2.16. The third-order valence-electron chi connectivity index (χ3n) is 2.07. The summed E-state index contributed by atoms with van der Waals surface area (Å²) in [6.45, 7) is 3.99. The van der Waals surface area contributed by atoms with Crippen LogP contribution in [-0.4, -0.2) is 23.8 Å². The largest absolute Gasteiger partial charge is 0.464 e. The third kappa shape index (κ3) is 3.72. The van der Waals surface area contributed by atoms with Gasteiger partial charge >= 0.3 is 5.97 Å². The summed E-state index contributed by atoms with van der Waals surface area (Å²) in [5.74, 6) is -0.556. The Morgan fingerprint density at radius 3 is 2.87 bits per heavy atom. The van der Waals surface area contributed by atoms with E-state index in [0.717, 1.165) is 11.1 Å². The number of rotatable bonds is 4. The van der Waals surface area contributed by atoms with Crippen molar-refractivity contribution < 1.29 is 14.6 Å². The maximum atomic E-state index is 11.2. The summed E-state index contributed by atoms with van der Waals surface area (Å²) in [6, 6.07) is 7.71. The molecule has 3 nitrogen and oxygen atoms in total. The van der Waals surface area contributed by atoms with Crippen LogP contribution < -0.4 is 0 Å². The molecule has 0 heterocycles. The fourth-order valence-corrected chi connectivity index (χ4v) is 1.38. The van der Waals surface area contributed by atoms with Crippen LogP contribution in [0.15, 0.2) is 24.3 Å². The molecular weight excluding hydrogens is 192 g/mol. The molecular formula is C12H16O3. The molecule has 0 amide bonds. The first-order valence-electron chi connectivity index (χ1n) is 5.03. The molecule has 0 fully saturated rings. The van der Waals surface area contributed by atoms with Gasteiger partial charge in [0.25, 0.3) is 0 Å². The third-order valence-corrected chi connectivity index (χ3v) is 2.07. The normalized spacial score (nSPS) is 12.2. The number of hydrogen-bond acceptors (Lipinski definition) is 3. The Balaban J connectivity index is 2.58. The van der Waals surface area contributed by atoms with Crippen LogP contribution in [0.4, 0.5) is 0 Å². The van der Waals surface area contributed by atoms with E-state index in [-0.39, 0.29) is 0 Å². The molecule has 15 heavy (non-hydrogen) atoms. The highest BCUT2D eigenvalue weighted by Crippen LogP contribution is 2.07. The van der Waals surface area contributed by atoms with Crippen molar-refractivity contribution in [1.29, 1.82) is 0 Å². The highest BCUT2D eigenvalue weighted by atomic mass is 16.5. The number of esters is 1. The maximum absolute atomic E-state index is 11.2. The fraction of sp³-hybridized carbons (Fsp3) is 0.417. The number of aryl methyl sites for hydroxylation is 1. The van der Waals surface area contributed by atoms with Crippen LogP contribution in [0.25, 0.3) is 0 Å². The van der Waals surface area contributed by atoms with Crippen LogP contribution in [0.3, 0.4) is 0 Å². The first-order chi connectivity index (χ1) is 7.13. The lowest BCUT2D eigenvalue weighted by Crippen LogP contribution is -2.25. The zero-order chi connectivity index (χ0) is 11.3. The Kier molecular flexibility index (Phi) is 4.31. The second-order valence-electron chi connectivity index (χ2n) is 3.46. The molecule has 0 saturated heterocycles. The zero-order valence-corrected chi connectivity index (χ0v) is 9.06. The highest BCUT2D eigenvalue weighted by molar-refractivity contribution is 5.74. The molecule has 0 aliphatic carbocycles. The Labute approximate surface area is 89.7 Å². The number of ether oxygens (including phenoxy) is 1. The lowest BCUT2D eigenvalue weighted by Gasteiger charge is -2.09. The van der Waals surface area contributed by atoms with Crippen LogP contribution in [0.1, 0.15) is 18.1 Å². The summed E-state index contributed by atoms with van der Waals surface area (Å²) in [4.78, 5) is 11.2. The summed E-state index contributed by atoms with van der Waals surface area (Å²) in [7, 11) is 0. The molecule has 0 aliphatic rings. The van der Waals surface area contributed by atoms with E-state index in [1.165, 1.54) is 0 Å². The van der Waals surface area contributed by atoms with E-state index in [0.29, 0.717) is 13.0 Å². The minimum Gasteiger partial charge on any atom is -0.464 e. The standard InChI is InChI=1S/C12H16O3/c1-3-15-12(14)11(13)8-10-6-4-5-9(2)7-10/h4-7,11,13H,3,8H2,1-2H3/t11-/m1/s1. The van der Waals surface area contributed by atoms with Crippen molar-refractivity contribution in [2.24, 2.45) is 0 Å². The van der Waals surface area contributed by atoms with Crippen LogP contribution >= 0.6 is 0 Å². The minimum absolute atomic E-state index is 0.295. The molecule has 3 heteroatoms. The van der Waals surface area contributed by atoms with E-state index in [1.54, 1.807) is 6.92 Å². The van der Waals surface area contributed by atoms with Crippen molar-refractivity contribution in [3.8, 4) is 0 Å². The Morgan fingerprint density at radius 2 is 2.27 bits per heavy atom. The SMILES string of the molecule is CCOC(=O)[C@H](O)Cc1cccc(C)c1. The summed E-state index contributed by atoms with van der Waals surface area (Å²) in [5.41, 5.74) is 2.05. The van der Waals surface area contributed by atoms with Gasteiger partial charge in [-0.25, -0.2) is 4.79 Å². The van der Waals surface area contributed by atoms with Crippen molar-refractivity contribution in [3.05, 3.63) is 35.4 Å². The van der Waals surface area contributed by atoms with Crippen LogP contribution in [0.5, 0.6) is 0 Å². The van der Waals surface area contributed by atoms with Gasteiger partial charge in [0.05, 0.1) is 6.61 Å². The van der Waals surface area contributed by atoms with Gasteiger partial charge in [-0.2, -0.15) is 0 Å². The van der Waals surface area contributed by atoms with Gasteiger partial charge in [0.1, 0.15) is 0 Å². The van der Waals surface area contributed by atoms with Crippen molar-refractivity contribution in [2.45, 2.75) is 26.4 Å². The van der Waals surface area contributed by atoms with E-state index >= 15 is 0 Å². The van der Waals surface area contributed by atoms with Gasteiger partial charge in [0.2, 0.25) is 0 Å². The molecule has 1 atom stereocenters. The zero-order valence-electron chi connectivity index (χ0n) is 9.06. The summed E-state index contributed by atoms with van der Waals surface area (Å²) in [6.07, 6.45) is -0.757. The number of benzene rings is 1. The van der Waals surface area contributed by atoms with Gasteiger partial charge < -0.3 is 9.84 Å². The quantitative estimate of drug-likeness (QED) is 0.762. The lowest BCUT2D eigenvalue weighted by atomic mass is 10.1. The molecule has 0 spiro atoms. The van der Waals surface area contributed by atoms with Crippen LogP contribution in [0, 0.1) is 6.92 Å². The molecule has 0 aromatic heterocycles. The molecule has 1 N–H and O–H groups in total. The minimum atomic E-state index is -1.06. The lowest BCUT2D eigenvalue weighted by molar-refractivity contribution is -0.152. The smallest absolute Gasteiger partial charge is 0.335 e. The van der Waals surface area contributed by atoms with E-state index in [1.807, 2.05) is 31.2 Å². The number of hydrogen-bond donors (Lipinski definition) is 1. The molecule has 1 aromatic carbocycles. The van der Waals surface area contributed by atoms with Crippen molar-refractivity contribution in [3.63, 3.8) is 0 Å². The van der Waals surface area contributed by atoms with E-state index in [4.69, 9.17) is 4.74 Å². The molecule has 0 unspecified atom stereocenters. The fourth-order valence-electron chi connectivity index (χ4n) is 1.38. The van der Waals surface area contributed by atoms with Gasteiger partial charge in [0.15, 0.2) is 6.10 Å². The maximum Gasteiger partial charge on any atom is 0.335 e. The summed E-state index contributed by atoms with van der Waals surface area (Å²) in [5, 5.41) is 9.52. The van der Waals surface area contributed by atoms with E-state index in [2.05, 4.69) is 0 Å². The van der Waals surface area contributed by atoms with Crippen LogP contribution in [-0.2, 0) is 16.0 Å². The van der Waals surface area contributed by atoms with Gasteiger partial charge in [-0.15, -0.1) is 0 Å². The van der Waals surface area contributed by atoms with Gasteiger partial charge in [0, 0.05) is 6.42 Å². The van der Waals surface area contributed by atoms with Crippen LogP contribution in [0.2, 0.25) is 0 Å². The summed E-state index contributed by atoms with van der Waals surface area (Å²) >= 11 is 0. The topological polar surface area (TPSA) is 46.5 Å². The second kappa shape index (κ2) is 5.51. The van der Waals surface area contributed by atoms with Crippen molar-refractivity contribution in [2.75, 3.05) is 6.61 Å². The molecule has 82 valence electrons. The van der Waals surface area contributed by atoms with Gasteiger partial charge in [-0.05, 0) is 19.4 Å². The predicted molar refractivity (Wildman–Crippen MR) is 57.5 cm³/mol. The van der Waals surface area contributed by atoms with Crippen molar-refractivity contribution in [1.82, 2.24) is 0 Å². The number of aliphatic hydroxyl groups excluding tert-OH is 1. The average molecular weight is 208 g/mol. The molecule has 0 radical (unpaired) electrons. The Hall–Kier alpha value is -1.35. The second-order valence-corrected chi connectivity index (χ2v) is 3.46. The molecule has 0 aliphatic heterocycles. The summed E-state index contributed by atoms with van der Waals surface area (Å²) < 4.78 is 4.72. The molecule has 0 bridgehead atoms. The molecule has 0 saturated carbocycles. The number of carbonyl (C=O) groups excluding carboxylic acids is 1. The first-order valence-corrected chi connectivity index (χ1v) is 5.03. The Morgan fingerprint density at radius 1 is 1.53 bits per heavy atom. The predicted octanol–water partition coefficient (Wildman–Crippen LogP) is 1.46. The van der Waals surface area contributed by atoms with Gasteiger partial charge in [-0.3, -0.25) is 0 Å². The Bertz CT molecular complexity index is 333.